The van der Waals surface area contributed by atoms with Gasteiger partial charge in [0, 0.05) is 6.61 Å². The molecule has 0 aliphatic carbocycles. The maximum atomic E-state index is 8.87. The van der Waals surface area contributed by atoms with E-state index in [-0.39, 0.29) is 0 Å². The standard InChI is InChI=1S/C17H36O/c1-5-17(13-8-14-18)12-7-11-16(4)10-6-9-15(2)3/h15-18H,5-14H2,1-4H3. The van der Waals surface area contributed by atoms with Crippen molar-refractivity contribution in [3.63, 3.8) is 0 Å². The van der Waals surface area contributed by atoms with E-state index < -0.39 is 0 Å². The van der Waals surface area contributed by atoms with E-state index in [4.69, 9.17) is 5.11 Å². The van der Waals surface area contributed by atoms with E-state index in [1.807, 2.05) is 0 Å². The van der Waals surface area contributed by atoms with Crippen molar-refractivity contribution in [1.82, 2.24) is 0 Å². The van der Waals surface area contributed by atoms with E-state index in [0.717, 1.165) is 24.2 Å². The van der Waals surface area contributed by atoms with Crippen molar-refractivity contribution in [1.29, 1.82) is 0 Å². The summed E-state index contributed by atoms with van der Waals surface area (Å²) in [5, 5.41) is 8.87. The van der Waals surface area contributed by atoms with Crippen LogP contribution in [-0.2, 0) is 0 Å². The Bertz CT molecular complexity index is 165. The summed E-state index contributed by atoms with van der Waals surface area (Å²) in [7, 11) is 0. The SMILES string of the molecule is CCC(CCCO)CCCC(C)CCCC(C)C. The summed E-state index contributed by atoms with van der Waals surface area (Å²) in [5.74, 6) is 2.61. The summed E-state index contributed by atoms with van der Waals surface area (Å²) < 4.78 is 0. The van der Waals surface area contributed by atoms with Gasteiger partial charge in [-0.3, -0.25) is 0 Å². The smallest absolute Gasteiger partial charge is 0.0431 e. The first-order valence-electron chi connectivity index (χ1n) is 8.20. The van der Waals surface area contributed by atoms with Gasteiger partial charge in [-0.05, 0) is 30.6 Å². The van der Waals surface area contributed by atoms with Crippen molar-refractivity contribution in [2.45, 2.75) is 85.5 Å². The molecule has 0 radical (unpaired) electrons. The van der Waals surface area contributed by atoms with Gasteiger partial charge in [-0.15, -0.1) is 0 Å². The largest absolute Gasteiger partial charge is 0.396 e. The van der Waals surface area contributed by atoms with Crippen LogP contribution in [0.1, 0.15) is 85.5 Å². The fourth-order valence-corrected chi connectivity index (χ4v) is 2.71. The van der Waals surface area contributed by atoms with Gasteiger partial charge in [0.1, 0.15) is 0 Å². The lowest BCUT2D eigenvalue weighted by atomic mass is 9.90. The van der Waals surface area contributed by atoms with E-state index >= 15 is 0 Å². The number of hydrogen-bond donors (Lipinski definition) is 1. The summed E-state index contributed by atoms with van der Waals surface area (Å²) in [6.45, 7) is 9.69. The molecule has 0 aromatic rings. The molecule has 0 rings (SSSR count). The van der Waals surface area contributed by atoms with E-state index in [1.165, 1.54) is 51.4 Å². The molecule has 0 saturated carbocycles. The van der Waals surface area contributed by atoms with Crippen LogP contribution < -0.4 is 0 Å². The maximum absolute atomic E-state index is 8.87. The van der Waals surface area contributed by atoms with Crippen molar-refractivity contribution >= 4 is 0 Å². The van der Waals surface area contributed by atoms with Crippen LogP contribution in [0.5, 0.6) is 0 Å². The number of hydrogen-bond acceptors (Lipinski definition) is 1. The number of aliphatic hydroxyl groups excluding tert-OH is 1. The highest BCUT2D eigenvalue weighted by Gasteiger charge is 2.08. The van der Waals surface area contributed by atoms with Crippen molar-refractivity contribution in [2.75, 3.05) is 6.61 Å². The summed E-state index contributed by atoms with van der Waals surface area (Å²) in [5.41, 5.74) is 0. The minimum absolute atomic E-state index is 0.363. The Morgan fingerprint density at radius 1 is 0.778 bits per heavy atom. The molecule has 0 heterocycles. The topological polar surface area (TPSA) is 20.2 Å². The van der Waals surface area contributed by atoms with Gasteiger partial charge in [0.25, 0.3) is 0 Å². The first-order chi connectivity index (χ1) is 8.60. The highest BCUT2D eigenvalue weighted by atomic mass is 16.2. The molecule has 1 nitrogen and oxygen atoms in total. The van der Waals surface area contributed by atoms with Gasteiger partial charge >= 0.3 is 0 Å². The Labute approximate surface area is 115 Å². The van der Waals surface area contributed by atoms with E-state index in [0.29, 0.717) is 6.61 Å². The Morgan fingerprint density at radius 3 is 1.83 bits per heavy atom. The average Bonchev–Trinajstić information content (AvgIpc) is 2.33. The molecular weight excluding hydrogens is 220 g/mol. The van der Waals surface area contributed by atoms with Crippen molar-refractivity contribution in [3.8, 4) is 0 Å². The molecular formula is C17H36O. The average molecular weight is 256 g/mol. The summed E-state index contributed by atoms with van der Waals surface area (Å²) in [4.78, 5) is 0. The molecule has 1 heteroatoms. The zero-order valence-corrected chi connectivity index (χ0v) is 13.3. The monoisotopic (exact) mass is 256 g/mol. The summed E-state index contributed by atoms with van der Waals surface area (Å²) >= 11 is 0. The molecule has 0 bridgehead atoms. The molecule has 2 atom stereocenters. The van der Waals surface area contributed by atoms with E-state index in [2.05, 4.69) is 27.7 Å². The van der Waals surface area contributed by atoms with Crippen LogP contribution in [0.2, 0.25) is 0 Å². The zero-order valence-electron chi connectivity index (χ0n) is 13.3. The highest BCUT2D eigenvalue weighted by Crippen LogP contribution is 2.22. The van der Waals surface area contributed by atoms with Gasteiger partial charge in [-0.25, -0.2) is 0 Å². The lowest BCUT2D eigenvalue weighted by molar-refractivity contribution is 0.264. The molecule has 0 spiro atoms. The zero-order chi connectivity index (χ0) is 13.8. The Kier molecular flexibility index (Phi) is 12.0. The third kappa shape index (κ3) is 11.1. The summed E-state index contributed by atoms with van der Waals surface area (Å²) in [6.07, 6.45) is 11.8. The second kappa shape index (κ2) is 12.0. The molecule has 0 aromatic carbocycles. The van der Waals surface area contributed by atoms with Crippen molar-refractivity contribution in [3.05, 3.63) is 0 Å². The van der Waals surface area contributed by atoms with Crippen LogP contribution in [-0.4, -0.2) is 11.7 Å². The molecule has 0 aliphatic heterocycles. The molecule has 0 amide bonds. The molecule has 0 aliphatic rings. The van der Waals surface area contributed by atoms with Crippen LogP contribution >= 0.6 is 0 Å². The van der Waals surface area contributed by atoms with Crippen molar-refractivity contribution in [2.24, 2.45) is 17.8 Å². The van der Waals surface area contributed by atoms with Gasteiger partial charge in [0.2, 0.25) is 0 Å². The molecule has 1 N–H and O–H groups in total. The fourth-order valence-electron chi connectivity index (χ4n) is 2.71. The van der Waals surface area contributed by atoms with Crippen LogP contribution in [0.25, 0.3) is 0 Å². The van der Waals surface area contributed by atoms with Crippen LogP contribution in [0.3, 0.4) is 0 Å². The molecule has 0 saturated heterocycles. The molecule has 110 valence electrons. The molecule has 18 heavy (non-hydrogen) atoms. The minimum Gasteiger partial charge on any atom is -0.396 e. The first kappa shape index (κ1) is 18.0. The fraction of sp³-hybridized carbons (Fsp3) is 1.00. The Morgan fingerprint density at radius 2 is 1.33 bits per heavy atom. The maximum Gasteiger partial charge on any atom is 0.0431 e. The second-order valence-corrected chi connectivity index (χ2v) is 6.50. The van der Waals surface area contributed by atoms with Crippen LogP contribution in [0.15, 0.2) is 0 Å². The van der Waals surface area contributed by atoms with Crippen LogP contribution in [0.4, 0.5) is 0 Å². The van der Waals surface area contributed by atoms with Gasteiger partial charge in [-0.2, -0.15) is 0 Å². The predicted octanol–water partition coefficient (Wildman–Crippen LogP) is 5.42. The first-order valence-corrected chi connectivity index (χ1v) is 8.20. The van der Waals surface area contributed by atoms with Gasteiger partial charge in [0.05, 0.1) is 0 Å². The lowest BCUT2D eigenvalue weighted by Crippen LogP contribution is -2.03. The third-order valence-corrected chi connectivity index (χ3v) is 4.14. The molecule has 2 unspecified atom stereocenters. The number of aliphatic hydroxyl groups is 1. The van der Waals surface area contributed by atoms with Crippen molar-refractivity contribution < 1.29 is 5.11 Å². The van der Waals surface area contributed by atoms with Gasteiger partial charge in [-0.1, -0.05) is 72.6 Å². The Balaban J connectivity index is 3.49. The van der Waals surface area contributed by atoms with Gasteiger partial charge < -0.3 is 5.11 Å². The Hall–Kier alpha value is -0.0400. The number of rotatable bonds is 12. The molecule has 0 fully saturated rings. The minimum atomic E-state index is 0.363. The molecule has 0 aromatic heterocycles. The van der Waals surface area contributed by atoms with Crippen LogP contribution in [0, 0.1) is 17.8 Å². The normalized spacial score (nSPS) is 15.0. The quantitative estimate of drug-likeness (QED) is 0.494. The summed E-state index contributed by atoms with van der Waals surface area (Å²) in [6, 6.07) is 0. The van der Waals surface area contributed by atoms with Gasteiger partial charge in [0.15, 0.2) is 0 Å². The van der Waals surface area contributed by atoms with E-state index in [1.54, 1.807) is 0 Å². The second-order valence-electron chi connectivity index (χ2n) is 6.50. The highest BCUT2D eigenvalue weighted by molar-refractivity contribution is 4.61. The predicted molar refractivity (Wildman–Crippen MR) is 81.8 cm³/mol. The lowest BCUT2D eigenvalue weighted by Gasteiger charge is -2.16. The third-order valence-electron chi connectivity index (χ3n) is 4.14. The van der Waals surface area contributed by atoms with E-state index in [9.17, 15) is 0 Å².